The van der Waals surface area contributed by atoms with Crippen molar-refractivity contribution in [3.63, 3.8) is 0 Å². The van der Waals surface area contributed by atoms with Gasteiger partial charge in [-0.3, -0.25) is 9.59 Å². The molecule has 1 fully saturated rings. The number of methoxy groups -OCH3 is 1. The van der Waals surface area contributed by atoms with Crippen molar-refractivity contribution in [1.82, 2.24) is 5.32 Å². The molecule has 6 heteroatoms. The first-order chi connectivity index (χ1) is 12.6. The van der Waals surface area contributed by atoms with Crippen molar-refractivity contribution in [2.24, 2.45) is 5.41 Å². The lowest BCUT2D eigenvalue weighted by Gasteiger charge is -2.16. The summed E-state index contributed by atoms with van der Waals surface area (Å²) < 4.78 is 5.31. The molecule has 2 aromatic rings. The first kappa shape index (κ1) is 18.3. The molecule has 5 nitrogen and oxygen atoms in total. The van der Waals surface area contributed by atoms with Gasteiger partial charge in [0.15, 0.2) is 0 Å². The standard InChI is InChI=1S/C20H21ClN2O3/c1-26-17-9-5-2-6-14(17)10-13-22-18(24)20(11-12-20)19(25)23-16-8-4-3-7-15(16)21/h2-9H,10-13H2,1H3,(H,22,24)(H,23,25). The molecule has 26 heavy (non-hydrogen) atoms. The zero-order valence-electron chi connectivity index (χ0n) is 14.5. The van der Waals surface area contributed by atoms with E-state index in [-0.39, 0.29) is 11.8 Å². The number of nitrogens with one attached hydrogen (secondary N) is 2. The molecule has 2 amide bonds. The first-order valence-electron chi connectivity index (χ1n) is 8.53. The van der Waals surface area contributed by atoms with Crippen molar-refractivity contribution in [2.45, 2.75) is 19.3 Å². The van der Waals surface area contributed by atoms with Crippen LogP contribution in [0.1, 0.15) is 18.4 Å². The zero-order chi connectivity index (χ0) is 18.6. The topological polar surface area (TPSA) is 67.4 Å². The maximum absolute atomic E-state index is 12.6. The number of carbonyl (C=O) groups excluding carboxylic acids is 2. The number of benzene rings is 2. The second-order valence-corrected chi connectivity index (χ2v) is 6.74. The van der Waals surface area contributed by atoms with Crippen molar-refractivity contribution in [3.8, 4) is 5.75 Å². The summed E-state index contributed by atoms with van der Waals surface area (Å²) in [7, 11) is 1.62. The van der Waals surface area contributed by atoms with Crippen LogP contribution in [-0.4, -0.2) is 25.5 Å². The van der Waals surface area contributed by atoms with E-state index < -0.39 is 5.41 Å². The molecule has 0 radical (unpaired) electrons. The summed E-state index contributed by atoms with van der Waals surface area (Å²) in [6, 6.07) is 14.7. The number of ether oxygens (including phenoxy) is 1. The first-order valence-corrected chi connectivity index (χ1v) is 8.91. The fraction of sp³-hybridized carbons (Fsp3) is 0.300. The molecule has 0 atom stereocenters. The number of amides is 2. The number of hydrogen-bond donors (Lipinski definition) is 2. The van der Waals surface area contributed by atoms with Gasteiger partial charge in [-0.2, -0.15) is 0 Å². The van der Waals surface area contributed by atoms with Crippen molar-refractivity contribution < 1.29 is 14.3 Å². The summed E-state index contributed by atoms with van der Waals surface area (Å²) in [4.78, 5) is 25.1. The van der Waals surface area contributed by atoms with Crippen molar-refractivity contribution >= 4 is 29.1 Å². The van der Waals surface area contributed by atoms with Crippen LogP contribution in [0.15, 0.2) is 48.5 Å². The van der Waals surface area contributed by atoms with Crippen LogP contribution >= 0.6 is 11.6 Å². The van der Waals surface area contributed by atoms with E-state index in [2.05, 4.69) is 10.6 Å². The van der Waals surface area contributed by atoms with Crippen LogP contribution in [-0.2, 0) is 16.0 Å². The highest BCUT2D eigenvalue weighted by Gasteiger charge is 2.56. The van der Waals surface area contributed by atoms with Gasteiger partial charge in [0.1, 0.15) is 11.2 Å². The van der Waals surface area contributed by atoms with Crippen LogP contribution in [0.5, 0.6) is 5.75 Å². The third-order valence-corrected chi connectivity index (χ3v) is 4.94. The smallest absolute Gasteiger partial charge is 0.240 e. The molecule has 136 valence electrons. The number of para-hydroxylation sites is 2. The minimum absolute atomic E-state index is 0.239. The van der Waals surface area contributed by atoms with E-state index in [1.54, 1.807) is 31.4 Å². The van der Waals surface area contributed by atoms with E-state index in [1.807, 2.05) is 24.3 Å². The van der Waals surface area contributed by atoms with Gasteiger partial charge in [0.05, 0.1) is 17.8 Å². The molecule has 0 bridgehead atoms. The van der Waals surface area contributed by atoms with Gasteiger partial charge >= 0.3 is 0 Å². The summed E-state index contributed by atoms with van der Waals surface area (Å²) in [5, 5.41) is 6.10. The van der Waals surface area contributed by atoms with Crippen LogP contribution in [0.2, 0.25) is 5.02 Å². The number of halogens is 1. The van der Waals surface area contributed by atoms with Gasteiger partial charge in [0.25, 0.3) is 0 Å². The monoisotopic (exact) mass is 372 g/mol. The third kappa shape index (κ3) is 3.83. The summed E-state index contributed by atoms with van der Waals surface area (Å²) in [5.74, 6) is 0.247. The van der Waals surface area contributed by atoms with E-state index in [0.717, 1.165) is 11.3 Å². The largest absolute Gasteiger partial charge is 0.496 e. The van der Waals surface area contributed by atoms with Gasteiger partial charge in [0.2, 0.25) is 11.8 Å². The van der Waals surface area contributed by atoms with Gasteiger partial charge in [0, 0.05) is 6.54 Å². The average molecular weight is 373 g/mol. The van der Waals surface area contributed by atoms with E-state index >= 15 is 0 Å². The summed E-state index contributed by atoms with van der Waals surface area (Å²) in [6.45, 7) is 0.445. The Morgan fingerprint density at radius 1 is 1.08 bits per heavy atom. The molecule has 0 unspecified atom stereocenters. The SMILES string of the molecule is COc1ccccc1CCNC(=O)C1(C(=O)Nc2ccccc2Cl)CC1. The van der Waals surface area contributed by atoms with Gasteiger partial charge in [-0.15, -0.1) is 0 Å². The molecule has 0 aromatic heterocycles. The van der Waals surface area contributed by atoms with E-state index in [0.29, 0.717) is 36.5 Å². The van der Waals surface area contributed by atoms with Gasteiger partial charge in [-0.1, -0.05) is 41.9 Å². The normalized spacial score (nSPS) is 14.4. The molecule has 0 heterocycles. The van der Waals surface area contributed by atoms with Crippen LogP contribution in [0, 0.1) is 5.41 Å². The summed E-state index contributed by atoms with van der Waals surface area (Å²) in [6.07, 6.45) is 1.73. The predicted molar refractivity (Wildman–Crippen MR) is 101 cm³/mol. The van der Waals surface area contributed by atoms with Crippen LogP contribution in [0.4, 0.5) is 5.69 Å². The fourth-order valence-electron chi connectivity index (χ4n) is 2.88. The Morgan fingerprint density at radius 3 is 2.46 bits per heavy atom. The van der Waals surface area contributed by atoms with E-state index in [9.17, 15) is 9.59 Å². The number of hydrogen-bond acceptors (Lipinski definition) is 3. The number of anilines is 1. The number of carbonyl (C=O) groups is 2. The number of rotatable bonds is 7. The highest BCUT2D eigenvalue weighted by Crippen LogP contribution is 2.47. The minimum Gasteiger partial charge on any atom is -0.496 e. The molecular formula is C20H21ClN2O3. The minimum atomic E-state index is -0.986. The van der Waals surface area contributed by atoms with Crippen molar-refractivity contribution in [2.75, 3.05) is 19.0 Å². The van der Waals surface area contributed by atoms with Crippen LogP contribution < -0.4 is 15.4 Å². The summed E-state index contributed by atoms with van der Waals surface area (Å²) >= 11 is 6.07. The van der Waals surface area contributed by atoms with Gasteiger partial charge < -0.3 is 15.4 Å². The molecular weight excluding hydrogens is 352 g/mol. The Balaban J connectivity index is 1.57. The molecule has 2 N–H and O–H groups in total. The third-order valence-electron chi connectivity index (χ3n) is 4.61. The second kappa shape index (κ2) is 7.79. The Kier molecular flexibility index (Phi) is 5.47. The Labute approximate surface area is 157 Å². The zero-order valence-corrected chi connectivity index (χ0v) is 15.3. The summed E-state index contributed by atoms with van der Waals surface area (Å²) in [5.41, 5.74) is 0.549. The molecule has 1 aliphatic rings. The molecule has 0 spiro atoms. The highest BCUT2D eigenvalue weighted by atomic mass is 35.5. The molecule has 1 saturated carbocycles. The fourth-order valence-corrected chi connectivity index (χ4v) is 3.06. The lowest BCUT2D eigenvalue weighted by atomic mass is 10.0. The Hall–Kier alpha value is -2.53. The van der Waals surface area contributed by atoms with Crippen LogP contribution in [0.3, 0.4) is 0 Å². The Bertz CT molecular complexity index is 818. The highest BCUT2D eigenvalue weighted by molar-refractivity contribution is 6.34. The average Bonchev–Trinajstić information content (AvgIpc) is 3.46. The lowest BCUT2D eigenvalue weighted by Crippen LogP contribution is -2.40. The second-order valence-electron chi connectivity index (χ2n) is 6.33. The van der Waals surface area contributed by atoms with Crippen LogP contribution in [0.25, 0.3) is 0 Å². The maximum Gasteiger partial charge on any atom is 0.240 e. The predicted octanol–water partition coefficient (Wildman–Crippen LogP) is 3.43. The molecule has 3 rings (SSSR count). The Morgan fingerprint density at radius 2 is 1.77 bits per heavy atom. The van der Waals surface area contributed by atoms with Crippen molar-refractivity contribution in [1.29, 1.82) is 0 Å². The molecule has 0 aliphatic heterocycles. The molecule has 2 aromatic carbocycles. The molecule has 0 saturated heterocycles. The quantitative estimate of drug-likeness (QED) is 0.732. The molecule has 1 aliphatic carbocycles. The van der Waals surface area contributed by atoms with E-state index in [1.165, 1.54) is 0 Å². The van der Waals surface area contributed by atoms with Crippen molar-refractivity contribution in [3.05, 3.63) is 59.1 Å². The lowest BCUT2D eigenvalue weighted by molar-refractivity contribution is -0.134. The van der Waals surface area contributed by atoms with Gasteiger partial charge in [-0.25, -0.2) is 0 Å². The maximum atomic E-state index is 12.6. The van der Waals surface area contributed by atoms with Gasteiger partial charge in [-0.05, 0) is 43.0 Å². The van der Waals surface area contributed by atoms with E-state index in [4.69, 9.17) is 16.3 Å².